The molecule has 310 valence electrons. The van der Waals surface area contributed by atoms with Gasteiger partial charge in [-0.3, -0.25) is 24.3 Å². The molecule has 3 aromatic carbocycles. The number of benzene rings is 3. The summed E-state index contributed by atoms with van der Waals surface area (Å²) in [6, 6.07) is 26.7. The summed E-state index contributed by atoms with van der Waals surface area (Å²) in [7, 11) is 1.91. The van der Waals surface area contributed by atoms with Crippen LogP contribution < -0.4 is 5.32 Å². The highest BCUT2D eigenvalue weighted by Crippen LogP contribution is 2.32. The number of aromatic nitrogens is 2. The minimum absolute atomic E-state index is 0.0371. The molecule has 8 rings (SSSR count). The second-order valence-corrected chi connectivity index (χ2v) is 15.8. The van der Waals surface area contributed by atoms with Crippen LogP contribution in [0, 0.1) is 6.92 Å². The number of pyridine rings is 1. The largest absolute Gasteiger partial charge is 0.508 e. The van der Waals surface area contributed by atoms with Crippen LogP contribution in [0.3, 0.4) is 0 Å². The fraction of sp³-hybridized carbons (Fsp3) is 0.326. The molecule has 2 aromatic heterocycles. The first-order chi connectivity index (χ1) is 29.1. The SMILES string of the molecule is C=CCN1CC(=O)N2[C@@H](Cc3ccc(O)cc3)C(=O)N(Cc3cccc4c(C(=O)N5CCN(Cc6cccc(C)n6)CC5)cn(C)c34)C[C@@H]2N1C(=O)NCc1ccccc1. The molecule has 2 N–H and O–H groups in total. The zero-order chi connectivity index (χ0) is 41.9. The summed E-state index contributed by atoms with van der Waals surface area (Å²) < 4.78 is 1.95. The Balaban J connectivity index is 1.07. The van der Waals surface area contributed by atoms with E-state index in [9.17, 15) is 24.3 Å². The molecule has 14 heteroatoms. The minimum atomic E-state index is -0.929. The van der Waals surface area contributed by atoms with Gasteiger partial charge in [-0.25, -0.2) is 14.8 Å². The van der Waals surface area contributed by atoms with Crippen molar-refractivity contribution in [1.29, 1.82) is 0 Å². The van der Waals surface area contributed by atoms with Crippen LogP contribution >= 0.6 is 0 Å². The van der Waals surface area contributed by atoms with Gasteiger partial charge in [-0.15, -0.1) is 6.58 Å². The lowest BCUT2D eigenvalue weighted by Crippen LogP contribution is -2.76. The van der Waals surface area contributed by atoms with Gasteiger partial charge in [-0.1, -0.05) is 72.8 Å². The molecular weight excluding hydrogens is 759 g/mol. The third-order valence-corrected chi connectivity index (χ3v) is 11.7. The van der Waals surface area contributed by atoms with Gasteiger partial charge in [0.25, 0.3) is 5.91 Å². The minimum Gasteiger partial charge on any atom is -0.508 e. The number of urea groups is 1. The van der Waals surface area contributed by atoms with E-state index < -0.39 is 18.2 Å². The van der Waals surface area contributed by atoms with Crippen LogP contribution in [-0.4, -0.2) is 126 Å². The highest BCUT2D eigenvalue weighted by atomic mass is 16.3. The van der Waals surface area contributed by atoms with Crippen molar-refractivity contribution in [2.75, 3.05) is 45.8 Å². The van der Waals surface area contributed by atoms with Gasteiger partial charge in [0.05, 0.1) is 29.9 Å². The lowest BCUT2D eigenvalue weighted by Gasteiger charge is -2.55. The fourth-order valence-corrected chi connectivity index (χ4v) is 8.81. The number of phenols is 1. The zero-order valence-electron chi connectivity index (χ0n) is 34.1. The molecule has 60 heavy (non-hydrogen) atoms. The molecule has 0 saturated carbocycles. The standard InChI is InChI=1S/C46H51N9O5/c1-4-20-53-31-42(57)54-40(25-33-16-18-37(56)19-17-33)45(59)52(30-41(54)55(53)46(60)47-26-34-11-6-5-7-12-34)27-35-13-9-15-38-39(29-49(3)43(35)38)44(58)51-23-21-50(22-24-51)28-36-14-8-10-32(2)48-36/h4-19,29,40-41,56H,1,20-28,30-31H2,2-3H3,(H,47,60)/t40-,41-/m0/s1. The number of aryl methyl sites for hydroxylation is 2. The molecule has 0 radical (unpaired) electrons. The topological polar surface area (TPSA) is 138 Å². The van der Waals surface area contributed by atoms with Crippen LogP contribution in [0.1, 0.15) is 38.4 Å². The summed E-state index contributed by atoms with van der Waals surface area (Å²) >= 11 is 0. The molecule has 3 aliphatic heterocycles. The van der Waals surface area contributed by atoms with E-state index in [-0.39, 0.29) is 62.6 Å². The van der Waals surface area contributed by atoms with E-state index in [1.807, 2.05) is 96.4 Å². The second kappa shape index (κ2) is 17.4. The molecule has 2 atom stereocenters. The van der Waals surface area contributed by atoms with Gasteiger partial charge >= 0.3 is 6.03 Å². The zero-order valence-corrected chi connectivity index (χ0v) is 34.1. The van der Waals surface area contributed by atoms with Crippen molar-refractivity contribution in [3.63, 3.8) is 0 Å². The number of para-hydroxylation sites is 1. The Hall–Kier alpha value is -6.51. The maximum atomic E-state index is 14.8. The maximum Gasteiger partial charge on any atom is 0.334 e. The van der Waals surface area contributed by atoms with Gasteiger partial charge in [0, 0.05) is 83.1 Å². The number of hydrazine groups is 1. The monoisotopic (exact) mass is 809 g/mol. The van der Waals surface area contributed by atoms with Crippen LogP contribution in [0.5, 0.6) is 5.75 Å². The Kier molecular flexibility index (Phi) is 11.7. The molecule has 3 aliphatic rings. The summed E-state index contributed by atoms with van der Waals surface area (Å²) in [6.07, 6.45) is 2.88. The molecular formula is C46H51N9O5. The van der Waals surface area contributed by atoms with Crippen molar-refractivity contribution in [1.82, 2.24) is 44.5 Å². The van der Waals surface area contributed by atoms with Crippen molar-refractivity contribution < 1.29 is 24.3 Å². The number of fused-ring (bicyclic) bond motifs is 2. The first-order valence-electron chi connectivity index (χ1n) is 20.4. The van der Waals surface area contributed by atoms with Gasteiger partial charge in [0.2, 0.25) is 11.8 Å². The number of piperazine rings is 2. The third kappa shape index (κ3) is 8.34. The van der Waals surface area contributed by atoms with Crippen molar-refractivity contribution in [3.05, 3.63) is 143 Å². The van der Waals surface area contributed by atoms with Gasteiger partial charge in [-0.2, -0.15) is 0 Å². The summed E-state index contributed by atoms with van der Waals surface area (Å²) in [5.41, 5.74) is 5.95. The van der Waals surface area contributed by atoms with Crippen LogP contribution in [0.4, 0.5) is 4.79 Å². The average Bonchev–Trinajstić information content (AvgIpc) is 3.59. The Morgan fingerprint density at radius 1 is 0.900 bits per heavy atom. The number of carbonyl (C=O) groups excluding carboxylic acids is 4. The van der Waals surface area contributed by atoms with E-state index in [0.717, 1.165) is 58.6 Å². The predicted molar refractivity (Wildman–Crippen MR) is 227 cm³/mol. The van der Waals surface area contributed by atoms with E-state index >= 15 is 0 Å². The molecule has 0 aliphatic carbocycles. The molecule has 3 fully saturated rings. The smallest absolute Gasteiger partial charge is 0.334 e. The average molecular weight is 810 g/mol. The van der Waals surface area contributed by atoms with E-state index in [1.165, 1.54) is 0 Å². The Bertz CT molecular complexity index is 2390. The summed E-state index contributed by atoms with van der Waals surface area (Å²) in [5, 5.41) is 17.1. The molecule has 3 saturated heterocycles. The second-order valence-electron chi connectivity index (χ2n) is 15.8. The third-order valence-electron chi connectivity index (χ3n) is 11.7. The number of phenolic OH excluding ortho intramolecular Hbond substituents is 1. The van der Waals surface area contributed by atoms with E-state index in [1.54, 1.807) is 50.2 Å². The Morgan fingerprint density at radius 2 is 1.65 bits per heavy atom. The summed E-state index contributed by atoms with van der Waals surface area (Å²) in [6.45, 7) is 9.93. The van der Waals surface area contributed by atoms with Gasteiger partial charge in [0.1, 0.15) is 18.0 Å². The van der Waals surface area contributed by atoms with E-state index in [2.05, 4.69) is 21.8 Å². The fourth-order valence-electron chi connectivity index (χ4n) is 8.81. The number of hydrogen-bond acceptors (Lipinski definition) is 8. The highest BCUT2D eigenvalue weighted by Gasteiger charge is 2.51. The quantitative estimate of drug-likeness (QED) is 0.189. The molecule has 5 aromatic rings. The van der Waals surface area contributed by atoms with Gasteiger partial charge in [-0.05, 0) is 47.9 Å². The number of carbonyl (C=O) groups is 4. The highest BCUT2D eigenvalue weighted by molar-refractivity contribution is 6.07. The molecule has 0 bridgehead atoms. The van der Waals surface area contributed by atoms with Crippen LogP contribution in [0.2, 0.25) is 0 Å². The van der Waals surface area contributed by atoms with E-state index in [4.69, 9.17) is 0 Å². The Morgan fingerprint density at radius 3 is 2.38 bits per heavy atom. The number of hydrogen-bond donors (Lipinski definition) is 2. The lowest BCUT2D eigenvalue weighted by molar-refractivity contribution is -0.189. The van der Waals surface area contributed by atoms with Crippen LogP contribution in [0.15, 0.2) is 110 Å². The van der Waals surface area contributed by atoms with Gasteiger partial charge < -0.3 is 29.7 Å². The van der Waals surface area contributed by atoms with E-state index in [0.29, 0.717) is 18.7 Å². The van der Waals surface area contributed by atoms with Gasteiger partial charge in [0.15, 0.2) is 0 Å². The number of rotatable bonds is 11. The maximum absolute atomic E-state index is 14.8. The van der Waals surface area contributed by atoms with Crippen molar-refractivity contribution in [2.45, 2.75) is 45.2 Å². The van der Waals surface area contributed by atoms with Crippen molar-refractivity contribution in [3.8, 4) is 5.75 Å². The summed E-state index contributed by atoms with van der Waals surface area (Å²) in [5.74, 6) is -0.471. The van der Waals surface area contributed by atoms with Crippen molar-refractivity contribution in [2.24, 2.45) is 7.05 Å². The number of nitrogens with one attached hydrogen (secondary N) is 1. The van der Waals surface area contributed by atoms with Crippen molar-refractivity contribution >= 4 is 34.7 Å². The van der Waals surface area contributed by atoms with Crippen LogP contribution in [-0.2, 0) is 42.7 Å². The lowest BCUT2D eigenvalue weighted by atomic mass is 9.98. The molecule has 14 nitrogen and oxygen atoms in total. The molecule has 0 unspecified atom stereocenters. The first-order valence-corrected chi connectivity index (χ1v) is 20.4. The predicted octanol–water partition coefficient (Wildman–Crippen LogP) is 4.28. The van der Waals surface area contributed by atoms with Crippen LogP contribution in [0.25, 0.3) is 10.9 Å². The number of aromatic hydroxyl groups is 1. The number of nitrogens with zero attached hydrogens (tertiary/aromatic N) is 8. The Labute approximate surface area is 349 Å². The first kappa shape index (κ1) is 40.3. The normalized spacial score (nSPS) is 18.8. The molecule has 0 spiro atoms. The molecule has 5 amide bonds. The molecule has 5 heterocycles. The number of amides is 5. The summed E-state index contributed by atoms with van der Waals surface area (Å²) in [4.78, 5) is 69.4.